The Morgan fingerprint density at radius 2 is 2.04 bits per heavy atom. The van der Waals surface area contributed by atoms with Gasteiger partial charge in [-0.05, 0) is 45.4 Å². The molecule has 1 amide bonds. The van der Waals surface area contributed by atoms with Crippen LogP contribution in [0.1, 0.15) is 56.8 Å². The summed E-state index contributed by atoms with van der Waals surface area (Å²) in [6, 6.07) is 0.818. The first-order chi connectivity index (χ1) is 13.7. The van der Waals surface area contributed by atoms with Gasteiger partial charge >= 0.3 is 0 Å². The minimum Gasteiger partial charge on any atom is -0.381 e. The number of aromatic nitrogens is 2. The zero-order chi connectivity index (χ0) is 19.8. The number of amides is 1. The normalized spacial score (nSPS) is 26.1. The monoisotopic (exact) mass is 390 g/mol. The van der Waals surface area contributed by atoms with E-state index in [1.54, 1.807) is 12.4 Å². The molecule has 2 heterocycles. The van der Waals surface area contributed by atoms with Crippen molar-refractivity contribution in [1.29, 1.82) is 0 Å². The van der Waals surface area contributed by atoms with E-state index < -0.39 is 0 Å². The molecule has 2 fully saturated rings. The van der Waals surface area contributed by atoms with Gasteiger partial charge in [-0.25, -0.2) is 0 Å². The number of carbonyl (C=O) groups is 1. The van der Waals surface area contributed by atoms with Gasteiger partial charge in [0.15, 0.2) is 0 Å². The Balaban J connectivity index is 1.51. The van der Waals surface area contributed by atoms with Crippen LogP contribution in [-0.4, -0.2) is 53.9 Å². The molecule has 0 radical (unpaired) electrons. The van der Waals surface area contributed by atoms with Crippen LogP contribution in [-0.2, 0) is 20.8 Å². The Morgan fingerprint density at radius 1 is 1.21 bits per heavy atom. The van der Waals surface area contributed by atoms with Crippen LogP contribution >= 0.6 is 0 Å². The Hall–Kier alpha value is -1.57. The first-order valence-corrected chi connectivity index (χ1v) is 10.7. The second-order valence-electron chi connectivity index (χ2n) is 7.95. The number of hydrogen-bond donors (Lipinski definition) is 2. The van der Waals surface area contributed by atoms with E-state index in [-0.39, 0.29) is 17.9 Å². The molecule has 0 spiro atoms. The molecule has 156 valence electrons. The molecule has 1 aromatic heterocycles. The molecule has 1 saturated carbocycles. The van der Waals surface area contributed by atoms with Gasteiger partial charge in [-0.15, -0.1) is 0 Å². The largest absolute Gasteiger partial charge is 0.381 e. The van der Waals surface area contributed by atoms with Crippen LogP contribution in [0.15, 0.2) is 12.4 Å². The Bertz CT molecular complexity index is 604. The molecule has 3 rings (SSSR count). The third kappa shape index (κ3) is 6.22. The van der Waals surface area contributed by atoms with Crippen molar-refractivity contribution in [1.82, 2.24) is 20.6 Å². The highest BCUT2D eigenvalue weighted by Gasteiger charge is 2.35. The fraction of sp³-hybridized carbons (Fsp3) is 0.762. The molecule has 0 aromatic carbocycles. The Labute approximate surface area is 168 Å². The lowest BCUT2D eigenvalue weighted by Crippen LogP contribution is -2.52. The third-order valence-electron chi connectivity index (χ3n) is 5.65. The lowest BCUT2D eigenvalue weighted by atomic mass is 9.82. The fourth-order valence-corrected chi connectivity index (χ4v) is 4.01. The van der Waals surface area contributed by atoms with Crippen LogP contribution in [0.4, 0.5) is 0 Å². The van der Waals surface area contributed by atoms with Crippen molar-refractivity contribution in [2.45, 2.75) is 77.1 Å². The molecule has 7 nitrogen and oxygen atoms in total. The highest BCUT2D eigenvalue weighted by Crippen LogP contribution is 2.28. The number of nitrogens with one attached hydrogen (secondary N) is 2. The van der Waals surface area contributed by atoms with E-state index in [0.29, 0.717) is 18.6 Å². The summed E-state index contributed by atoms with van der Waals surface area (Å²) >= 11 is 0. The number of rotatable bonds is 8. The first-order valence-electron chi connectivity index (χ1n) is 10.7. The molecule has 1 aromatic rings. The van der Waals surface area contributed by atoms with Crippen molar-refractivity contribution < 1.29 is 14.3 Å². The van der Waals surface area contributed by atoms with Gasteiger partial charge < -0.3 is 20.1 Å². The summed E-state index contributed by atoms with van der Waals surface area (Å²) in [5.74, 6) is 0.0880. The van der Waals surface area contributed by atoms with Gasteiger partial charge in [0.1, 0.15) is 0 Å². The number of carbonyl (C=O) groups excluding carboxylic acids is 1. The maximum atomic E-state index is 12.7. The van der Waals surface area contributed by atoms with Gasteiger partial charge in [0.25, 0.3) is 0 Å². The van der Waals surface area contributed by atoms with Crippen LogP contribution in [0.3, 0.4) is 0 Å². The third-order valence-corrected chi connectivity index (χ3v) is 5.65. The first kappa shape index (κ1) is 21.1. The van der Waals surface area contributed by atoms with Crippen molar-refractivity contribution >= 4 is 5.91 Å². The quantitative estimate of drug-likeness (QED) is 0.707. The van der Waals surface area contributed by atoms with Gasteiger partial charge in [-0.2, -0.15) is 0 Å². The lowest BCUT2D eigenvalue weighted by Gasteiger charge is -2.38. The highest BCUT2D eigenvalue weighted by molar-refractivity contribution is 5.78. The summed E-state index contributed by atoms with van der Waals surface area (Å²) in [6.45, 7) is 6.85. The van der Waals surface area contributed by atoms with Gasteiger partial charge in [0.2, 0.25) is 5.91 Å². The number of ether oxygens (including phenoxy) is 2. The topological polar surface area (TPSA) is 85.4 Å². The second kappa shape index (κ2) is 10.8. The molecule has 1 aliphatic heterocycles. The zero-order valence-corrected chi connectivity index (χ0v) is 17.2. The van der Waals surface area contributed by atoms with Crippen molar-refractivity contribution in [2.75, 3.05) is 19.8 Å². The van der Waals surface area contributed by atoms with E-state index in [4.69, 9.17) is 9.47 Å². The maximum absolute atomic E-state index is 12.7. The second-order valence-corrected chi connectivity index (χ2v) is 7.95. The minimum absolute atomic E-state index is 0.00648. The average Bonchev–Trinajstić information content (AvgIpc) is 2.73. The van der Waals surface area contributed by atoms with E-state index >= 15 is 0 Å². The molecule has 28 heavy (non-hydrogen) atoms. The summed E-state index contributed by atoms with van der Waals surface area (Å²) in [5.41, 5.74) is 1.66. The predicted molar refractivity (Wildman–Crippen MR) is 107 cm³/mol. The maximum Gasteiger partial charge on any atom is 0.223 e. The smallest absolute Gasteiger partial charge is 0.223 e. The van der Waals surface area contributed by atoms with Gasteiger partial charge in [-0.1, -0.05) is 6.92 Å². The van der Waals surface area contributed by atoms with Crippen LogP contribution in [0.5, 0.6) is 0 Å². The van der Waals surface area contributed by atoms with Crippen molar-refractivity contribution in [3.8, 4) is 0 Å². The lowest BCUT2D eigenvalue weighted by molar-refractivity contribution is -0.128. The average molecular weight is 391 g/mol. The fourth-order valence-electron chi connectivity index (χ4n) is 4.01. The molecule has 0 unspecified atom stereocenters. The van der Waals surface area contributed by atoms with Gasteiger partial charge in [-0.3, -0.25) is 14.8 Å². The molecule has 3 atom stereocenters. The highest BCUT2D eigenvalue weighted by atomic mass is 16.5. The predicted octanol–water partition coefficient (Wildman–Crippen LogP) is 2.13. The molecule has 2 N–H and O–H groups in total. The molecular weight excluding hydrogens is 356 g/mol. The van der Waals surface area contributed by atoms with E-state index in [0.717, 1.165) is 69.7 Å². The van der Waals surface area contributed by atoms with E-state index in [1.807, 2.05) is 6.92 Å². The molecular formula is C21H34N4O3. The van der Waals surface area contributed by atoms with Crippen LogP contribution < -0.4 is 10.6 Å². The molecule has 0 bridgehead atoms. The zero-order valence-electron chi connectivity index (χ0n) is 17.2. The summed E-state index contributed by atoms with van der Waals surface area (Å²) in [5, 5.41) is 6.81. The van der Waals surface area contributed by atoms with Crippen molar-refractivity contribution in [2.24, 2.45) is 5.92 Å². The summed E-state index contributed by atoms with van der Waals surface area (Å²) in [7, 11) is 0. The Morgan fingerprint density at radius 3 is 2.75 bits per heavy atom. The Kier molecular flexibility index (Phi) is 8.18. The van der Waals surface area contributed by atoms with Crippen molar-refractivity contribution in [3.05, 3.63) is 23.8 Å². The van der Waals surface area contributed by atoms with Crippen LogP contribution in [0.25, 0.3) is 0 Å². The minimum atomic E-state index is -0.00648. The number of nitrogens with zero attached hydrogens (tertiary/aromatic N) is 2. The molecule has 2 aliphatic rings. The number of aryl methyl sites for hydroxylation is 1. The van der Waals surface area contributed by atoms with Gasteiger partial charge in [0, 0.05) is 44.0 Å². The van der Waals surface area contributed by atoms with E-state index in [2.05, 4.69) is 27.5 Å². The molecule has 1 saturated heterocycles. The molecule has 7 heteroatoms. The van der Waals surface area contributed by atoms with Crippen LogP contribution in [0, 0.1) is 12.8 Å². The van der Waals surface area contributed by atoms with E-state index in [1.165, 1.54) is 0 Å². The SMILES string of the molecule is CCCO[C@H]1C[C@@H](C(=O)NCc2cnc(C)cn2)CC[C@@H]1NC1CCOCC1. The van der Waals surface area contributed by atoms with Gasteiger partial charge in [0.05, 0.1) is 30.2 Å². The van der Waals surface area contributed by atoms with Crippen LogP contribution in [0.2, 0.25) is 0 Å². The molecule has 1 aliphatic carbocycles. The summed E-state index contributed by atoms with van der Waals surface area (Å²) < 4.78 is 11.6. The summed E-state index contributed by atoms with van der Waals surface area (Å²) in [6.07, 6.45) is 9.26. The van der Waals surface area contributed by atoms with Crippen molar-refractivity contribution in [3.63, 3.8) is 0 Å². The standard InChI is InChI=1S/C21H34N4O3/c1-3-8-28-20-11-16(4-5-19(20)25-17-6-9-27-10-7-17)21(26)24-14-18-13-22-15(2)12-23-18/h12-13,16-17,19-20,25H,3-11,14H2,1-2H3,(H,24,26)/t16-,19-,20-/m0/s1. The summed E-state index contributed by atoms with van der Waals surface area (Å²) in [4.78, 5) is 21.2. The van der Waals surface area contributed by atoms with E-state index in [9.17, 15) is 4.79 Å². The number of hydrogen-bond acceptors (Lipinski definition) is 6.